The molecule has 0 aliphatic carbocycles. The smallest absolute Gasteiger partial charge is 0.282 e. The maximum atomic E-state index is 12.6. The molecular formula is C15H23N3O4S. The number of morpholine rings is 1. The first-order chi connectivity index (χ1) is 11.1. The number of benzene rings is 1. The molecule has 2 saturated heterocycles. The summed E-state index contributed by atoms with van der Waals surface area (Å²) in [5, 5.41) is 0. The SMILES string of the molecule is COc1cccc(N2CCN(S(=O)(=O)N3CCOCC3)CC2)c1. The summed E-state index contributed by atoms with van der Waals surface area (Å²) in [6.45, 7) is 4.18. The summed E-state index contributed by atoms with van der Waals surface area (Å²) < 4.78 is 38.9. The van der Waals surface area contributed by atoms with Crippen molar-refractivity contribution in [2.24, 2.45) is 0 Å². The predicted octanol–water partition coefficient (Wildman–Crippen LogP) is 0.394. The van der Waals surface area contributed by atoms with E-state index in [2.05, 4.69) is 4.90 Å². The molecule has 0 unspecified atom stereocenters. The van der Waals surface area contributed by atoms with E-state index in [1.54, 1.807) is 11.4 Å². The van der Waals surface area contributed by atoms with E-state index >= 15 is 0 Å². The minimum atomic E-state index is -3.37. The van der Waals surface area contributed by atoms with Crippen molar-refractivity contribution < 1.29 is 17.9 Å². The van der Waals surface area contributed by atoms with Gasteiger partial charge in [0.05, 0.1) is 20.3 Å². The minimum absolute atomic E-state index is 0.443. The Bertz CT molecular complexity index is 623. The molecular weight excluding hydrogens is 318 g/mol. The number of anilines is 1. The van der Waals surface area contributed by atoms with Crippen LogP contribution in [0.3, 0.4) is 0 Å². The van der Waals surface area contributed by atoms with Crippen LogP contribution < -0.4 is 9.64 Å². The number of hydrogen-bond donors (Lipinski definition) is 0. The molecule has 2 fully saturated rings. The zero-order valence-corrected chi connectivity index (χ0v) is 14.2. The van der Waals surface area contributed by atoms with Crippen LogP contribution in [-0.4, -0.2) is 76.6 Å². The van der Waals surface area contributed by atoms with Gasteiger partial charge in [-0.05, 0) is 12.1 Å². The van der Waals surface area contributed by atoms with Gasteiger partial charge in [0.2, 0.25) is 0 Å². The number of ether oxygens (including phenoxy) is 2. The van der Waals surface area contributed by atoms with Gasteiger partial charge in [-0.1, -0.05) is 6.07 Å². The second-order valence-electron chi connectivity index (χ2n) is 5.61. The van der Waals surface area contributed by atoms with Gasteiger partial charge in [-0.3, -0.25) is 0 Å². The van der Waals surface area contributed by atoms with Crippen molar-refractivity contribution in [2.45, 2.75) is 0 Å². The quantitative estimate of drug-likeness (QED) is 0.793. The number of hydrogen-bond acceptors (Lipinski definition) is 5. The highest BCUT2D eigenvalue weighted by Gasteiger charge is 2.33. The third kappa shape index (κ3) is 3.60. The van der Waals surface area contributed by atoms with E-state index in [9.17, 15) is 8.42 Å². The summed E-state index contributed by atoms with van der Waals surface area (Å²) in [5.74, 6) is 0.811. The molecule has 0 atom stereocenters. The van der Waals surface area contributed by atoms with Crippen LogP contribution in [-0.2, 0) is 14.9 Å². The molecule has 0 aromatic heterocycles. The van der Waals surface area contributed by atoms with Crippen molar-refractivity contribution in [1.82, 2.24) is 8.61 Å². The molecule has 0 N–H and O–H groups in total. The van der Waals surface area contributed by atoms with Gasteiger partial charge in [-0.25, -0.2) is 0 Å². The summed E-state index contributed by atoms with van der Waals surface area (Å²) in [6.07, 6.45) is 0. The maximum absolute atomic E-state index is 12.6. The zero-order chi connectivity index (χ0) is 16.3. The van der Waals surface area contributed by atoms with Gasteiger partial charge in [0.1, 0.15) is 5.75 Å². The molecule has 0 radical (unpaired) electrons. The second-order valence-corrected chi connectivity index (χ2v) is 7.54. The van der Waals surface area contributed by atoms with Crippen LogP contribution in [0.5, 0.6) is 5.75 Å². The maximum Gasteiger partial charge on any atom is 0.282 e. The fourth-order valence-corrected chi connectivity index (χ4v) is 4.49. The first-order valence-corrected chi connectivity index (χ1v) is 9.23. The molecule has 7 nitrogen and oxygen atoms in total. The Morgan fingerprint density at radius 1 is 1.00 bits per heavy atom. The average molecular weight is 341 g/mol. The molecule has 0 amide bonds. The summed E-state index contributed by atoms with van der Waals surface area (Å²) in [6, 6.07) is 7.86. The second kappa shape index (κ2) is 7.04. The van der Waals surface area contributed by atoms with Crippen LogP contribution in [0, 0.1) is 0 Å². The summed E-state index contributed by atoms with van der Waals surface area (Å²) >= 11 is 0. The average Bonchev–Trinajstić information content (AvgIpc) is 2.62. The fourth-order valence-electron chi connectivity index (χ4n) is 2.92. The Labute approximate surface area is 137 Å². The monoisotopic (exact) mass is 341 g/mol. The number of methoxy groups -OCH3 is 1. The minimum Gasteiger partial charge on any atom is -0.497 e. The normalized spacial score (nSPS) is 21.3. The lowest BCUT2D eigenvalue weighted by Crippen LogP contribution is -2.55. The molecule has 8 heteroatoms. The highest BCUT2D eigenvalue weighted by Crippen LogP contribution is 2.23. The Morgan fingerprint density at radius 2 is 1.65 bits per heavy atom. The van der Waals surface area contributed by atoms with Crippen LogP contribution >= 0.6 is 0 Å². The predicted molar refractivity (Wildman–Crippen MR) is 88.1 cm³/mol. The Kier molecular flexibility index (Phi) is 5.05. The van der Waals surface area contributed by atoms with Crippen molar-refractivity contribution in [3.8, 4) is 5.75 Å². The lowest BCUT2D eigenvalue weighted by Gasteiger charge is -2.38. The fraction of sp³-hybridized carbons (Fsp3) is 0.600. The molecule has 2 aliphatic rings. The van der Waals surface area contributed by atoms with Gasteiger partial charge in [0.15, 0.2) is 0 Å². The lowest BCUT2D eigenvalue weighted by molar-refractivity contribution is 0.0700. The van der Waals surface area contributed by atoms with Crippen LogP contribution in [0.4, 0.5) is 5.69 Å². The van der Waals surface area contributed by atoms with E-state index in [0.717, 1.165) is 11.4 Å². The van der Waals surface area contributed by atoms with Gasteiger partial charge in [0, 0.05) is 51.0 Å². The molecule has 128 valence electrons. The third-order valence-corrected chi connectivity index (χ3v) is 6.32. The van der Waals surface area contributed by atoms with Crippen molar-refractivity contribution in [2.75, 3.05) is 64.5 Å². The first-order valence-electron chi connectivity index (χ1n) is 7.83. The molecule has 1 aromatic rings. The van der Waals surface area contributed by atoms with Gasteiger partial charge in [-0.2, -0.15) is 17.0 Å². The van der Waals surface area contributed by atoms with Crippen molar-refractivity contribution in [1.29, 1.82) is 0 Å². The topological polar surface area (TPSA) is 62.3 Å². The van der Waals surface area contributed by atoms with Crippen LogP contribution in [0.2, 0.25) is 0 Å². The Hall–Kier alpha value is -1.35. The van der Waals surface area contributed by atoms with Crippen molar-refractivity contribution in [3.63, 3.8) is 0 Å². The Morgan fingerprint density at radius 3 is 2.30 bits per heavy atom. The van der Waals surface area contributed by atoms with E-state index in [4.69, 9.17) is 9.47 Å². The number of nitrogens with zero attached hydrogens (tertiary/aromatic N) is 3. The molecule has 0 bridgehead atoms. The molecule has 2 aliphatic heterocycles. The van der Waals surface area contributed by atoms with Gasteiger partial charge < -0.3 is 14.4 Å². The van der Waals surface area contributed by atoms with E-state index in [1.165, 1.54) is 4.31 Å². The summed E-state index contributed by atoms with van der Waals surface area (Å²) in [7, 11) is -1.72. The van der Waals surface area contributed by atoms with E-state index in [-0.39, 0.29) is 0 Å². The van der Waals surface area contributed by atoms with E-state index in [1.807, 2.05) is 24.3 Å². The highest BCUT2D eigenvalue weighted by atomic mass is 32.2. The summed E-state index contributed by atoms with van der Waals surface area (Å²) in [5.41, 5.74) is 1.06. The Balaban J connectivity index is 1.63. The van der Waals surface area contributed by atoms with Gasteiger partial charge in [0.25, 0.3) is 10.2 Å². The first kappa shape index (κ1) is 16.5. The van der Waals surface area contributed by atoms with E-state index in [0.29, 0.717) is 52.5 Å². The van der Waals surface area contributed by atoms with Crippen molar-refractivity contribution in [3.05, 3.63) is 24.3 Å². The summed E-state index contributed by atoms with van der Waals surface area (Å²) in [4.78, 5) is 2.19. The zero-order valence-electron chi connectivity index (χ0n) is 13.3. The van der Waals surface area contributed by atoms with Crippen LogP contribution in [0.15, 0.2) is 24.3 Å². The van der Waals surface area contributed by atoms with Gasteiger partial charge >= 0.3 is 0 Å². The highest BCUT2D eigenvalue weighted by molar-refractivity contribution is 7.86. The van der Waals surface area contributed by atoms with Crippen molar-refractivity contribution >= 4 is 15.9 Å². The lowest BCUT2D eigenvalue weighted by atomic mass is 10.2. The molecule has 23 heavy (non-hydrogen) atoms. The molecule has 1 aromatic carbocycles. The molecule has 3 rings (SSSR count). The third-order valence-electron chi connectivity index (χ3n) is 4.28. The standard InChI is InChI=1S/C15H23N3O4S/c1-21-15-4-2-3-14(13-15)16-5-7-17(8-6-16)23(19,20)18-9-11-22-12-10-18/h2-4,13H,5-12H2,1H3. The number of piperazine rings is 1. The van der Waals surface area contributed by atoms with Gasteiger partial charge in [-0.15, -0.1) is 0 Å². The number of rotatable bonds is 4. The van der Waals surface area contributed by atoms with E-state index < -0.39 is 10.2 Å². The van der Waals surface area contributed by atoms with Crippen LogP contribution in [0.25, 0.3) is 0 Å². The molecule has 2 heterocycles. The molecule has 0 saturated carbocycles. The largest absolute Gasteiger partial charge is 0.497 e. The molecule has 0 spiro atoms. The van der Waals surface area contributed by atoms with Crippen LogP contribution in [0.1, 0.15) is 0 Å².